The fourth-order valence-corrected chi connectivity index (χ4v) is 6.26. The number of anilines is 1. The summed E-state index contributed by atoms with van der Waals surface area (Å²) in [4.78, 5) is 27.7. The Labute approximate surface area is 273 Å². The lowest BCUT2D eigenvalue weighted by Gasteiger charge is -2.35. The van der Waals surface area contributed by atoms with E-state index in [2.05, 4.69) is 5.32 Å². The molecule has 15 heteroatoms. The number of hydrogen-bond acceptors (Lipinski definition) is 7. The number of aliphatic hydroxyl groups is 1. The molecule has 3 rings (SSSR count). The predicted octanol–water partition coefficient (Wildman–Crippen LogP) is 5.22. The number of rotatable bonds is 9. The highest BCUT2D eigenvalue weighted by Crippen LogP contribution is 2.29. The molecule has 4 atom stereocenters. The van der Waals surface area contributed by atoms with Crippen molar-refractivity contribution in [1.29, 1.82) is 0 Å². The van der Waals surface area contributed by atoms with Gasteiger partial charge in [-0.25, -0.2) is 12.8 Å². The van der Waals surface area contributed by atoms with Gasteiger partial charge in [0, 0.05) is 44.8 Å². The van der Waals surface area contributed by atoms with Crippen molar-refractivity contribution in [1.82, 2.24) is 9.21 Å². The second-order valence-corrected chi connectivity index (χ2v) is 14.0. The van der Waals surface area contributed by atoms with E-state index in [0.29, 0.717) is 25.9 Å². The molecule has 1 heterocycles. The molecule has 0 unspecified atom stereocenters. The van der Waals surface area contributed by atoms with Gasteiger partial charge >= 0.3 is 6.18 Å². The summed E-state index contributed by atoms with van der Waals surface area (Å²) in [7, 11) is -2.62. The summed E-state index contributed by atoms with van der Waals surface area (Å²) >= 11 is 0. The minimum absolute atomic E-state index is 0.0207. The van der Waals surface area contributed by atoms with Crippen LogP contribution in [0.1, 0.15) is 63.2 Å². The molecule has 1 aliphatic heterocycles. The zero-order chi connectivity index (χ0) is 34.9. The molecule has 2 N–H and O–H groups in total. The molecule has 0 spiro atoms. The maximum Gasteiger partial charge on any atom is 0.389 e. The first-order chi connectivity index (χ1) is 22.0. The topological polar surface area (TPSA) is 125 Å². The Morgan fingerprint density at radius 2 is 1.83 bits per heavy atom. The van der Waals surface area contributed by atoms with Crippen molar-refractivity contribution in [3.63, 3.8) is 0 Å². The van der Waals surface area contributed by atoms with Gasteiger partial charge in [-0.1, -0.05) is 6.92 Å². The van der Waals surface area contributed by atoms with Crippen LogP contribution in [0.4, 0.5) is 23.2 Å². The molecule has 2 aromatic rings. The van der Waals surface area contributed by atoms with Gasteiger partial charge in [0.15, 0.2) is 0 Å². The van der Waals surface area contributed by atoms with E-state index in [1.807, 2.05) is 6.92 Å². The SMILES string of the molecule is C[C@@H]1CCCCO[C@@H](CN(C)S(=O)(=O)c2ccc(F)cc2)[C@@H](C)CN([C@@H](C)CO)C(=O)c2cc(NC(=O)CCC(F)(F)F)ccc2O1. The van der Waals surface area contributed by atoms with Crippen molar-refractivity contribution in [3.05, 3.63) is 53.8 Å². The molecule has 0 aliphatic carbocycles. The third-order valence-electron chi connectivity index (χ3n) is 7.93. The minimum atomic E-state index is -4.51. The molecule has 1 aliphatic rings. The average molecular weight is 690 g/mol. The van der Waals surface area contributed by atoms with Crippen LogP contribution in [0.3, 0.4) is 0 Å². The lowest BCUT2D eigenvalue weighted by molar-refractivity contribution is -0.142. The van der Waals surface area contributed by atoms with E-state index >= 15 is 0 Å². The maximum absolute atomic E-state index is 14.2. The normalized spacial score (nSPS) is 21.0. The zero-order valence-corrected chi connectivity index (χ0v) is 27.7. The summed E-state index contributed by atoms with van der Waals surface area (Å²) in [5, 5.41) is 12.5. The summed E-state index contributed by atoms with van der Waals surface area (Å²) in [5.74, 6) is -2.28. The van der Waals surface area contributed by atoms with Crippen LogP contribution < -0.4 is 10.1 Å². The highest BCUT2D eigenvalue weighted by Gasteiger charge is 2.33. The average Bonchev–Trinajstić information content (AvgIpc) is 3.01. The smallest absolute Gasteiger partial charge is 0.389 e. The summed E-state index contributed by atoms with van der Waals surface area (Å²) in [5.41, 5.74) is 0.128. The van der Waals surface area contributed by atoms with E-state index in [-0.39, 0.29) is 41.1 Å². The summed E-state index contributed by atoms with van der Waals surface area (Å²) in [6, 6.07) is 8.01. The Bertz CT molecular complexity index is 1460. The molecule has 2 amide bonds. The van der Waals surface area contributed by atoms with Gasteiger partial charge in [0.25, 0.3) is 5.91 Å². The standard InChI is InChI=1S/C32H43F4N3O7S/c1-21-18-39(22(2)20-40)31(42)27-17-25(37-30(41)14-15-32(34,35)36)10-13-28(27)46-23(3)7-5-6-16-45-29(21)19-38(4)47(43,44)26-11-8-24(33)9-12-26/h8-13,17,21-23,29,40H,5-7,14-16,18-20H2,1-4H3,(H,37,41)/t21-,22-,23+,29-/m0/s1. The lowest BCUT2D eigenvalue weighted by Crippen LogP contribution is -2.48. The first-order valence-electron chi connectivity index (χ1n) is 15.4. The Morgan fingerprint density at radius 1 is 1.15 bits per heavy atom. The van der Waals surface area contributed by atoms with Crippen molar-refractivity contribution in [2.24, 2.45) is 5.92 Å². The predicted molar refractivity (Wildman–Crippen MR) is 167 cm³/mol. The van der Waals surface area contributed by atoms with Gasteiger partial charge in [0.1, 0.15) is 11.6 Å². The number of carbonyl (C=O) groups is 2. The van der Waals surface area contributed by atoms with Gasteiger partial charge in [-0.05, 0) is 75.6 Å². The van der Waals surface area contributed by atoms with Gasteiger partial charge < -0.3 is 24.8 Å². The van der Waals surface area contributed by atoms with Crippen LogP contribution in [0.15, 0.2) is 47.4 Å². The maximum atomic E-state index is 14.2. The zero-order valence-electron chi connectivity index (χ0n) is 26.9. The molecule has 47 heavy (non-hydrogen) atoms. The second-order valence-electron chi connectivity index (χ2n) is 11.9. The number of ether oxygens (including phenoxy) is 2. The minimum Gasteiger partial charge on any atom is -0.490 e. The number of nitrogens with zero attached hydrogens (tertiary/aromatic N) is 2. The highest BCUT2D eigenvalue weighted by molar-refractivity contribution is 7.89. The van der Waals surface area contributed by atoms with Crippen LogP contribution in [-0.2, 0) is 19.6 Å². The van der Waals surface area contributed by atoms with E-state index < -0.39 is 71.3 Å². The summed E-state index contributed by atoms with van der Waals surface area (Å²) in [6.45, 7) is 5.07. The number of halogens is 4. The fraction of sp³-hybridized carbons (Fsp3) is 0.562. The second kappa shape index (κ2) is 16.7. The fourth-order valence-electron chi connectivity index (χ4n) is 5.08. The largest absolute Gasteiger partial charge is 0.490 e. The quantitative estimate of drug-likeness (QED) is 0.346. The third kappa shape index (κ3) is 11.2. The van der Waals surface area contributed by atoms with E-state index in [0.717, 1.165) is 16.4 Å². The van der Waals surface area contributed by atoms with Crippen molar-refractivity contribution >= 4 is 27.5 Å². The number of alkyl halides is 3. The Hall–Kier alpha value is -3.27. The van der Waals surface area contributed by atoms with Crippen LogP contribution in [0.25, 0.3) is 0 Å². The molecule has 0 aromatic heterocycles. The van der Waals surface area contributed by atoms with Gasteiger partial charge in [-0.3, -0.25) is 9.59 Å². The van der Waals surface area contributed by atoms with Crippen molar-refractivity contribution < 1.29 is 50.1 Å². The molecule has 0 saturated heterocycles. The van der Waals surface area contributed by atoms with Crippen LogP contribution in [0.2, 0.25) is 0 Å². The first kappa shape index (κ1) is 38.2. The van der Waals surface area contributed by atoms with Crippen LogP contribution in [0.5, 0.6) is 5.75 Å². The van der Waals surface area contributed by atoms with Crippen molar-refractivity contribution in [3.8, 4) is 5.75 Å². The van der Waals surface area contributed by atoms with Crippen LogP contribution >= 0.6 is 0 Å². The Kier molecular flexibility index (Phi) is 13.6. The molecule has 0 fully saturated rings. The number of likely N-dealkylation sites (N-methyl/N-ethyl adjacent to an activating group) is 1. The van der Waals surface area contributed by atoms with E-state index in [4.69, 9.17) is 9.47 Å². The van der Waals surface area contributed by atoms with E-state index in [9.17, 15) is 40.7 Å². The van der Waals surface area contributed by atoms with Crippen LogP contribution in [0, 0.1) is 11.7 Å². The first-order valence-corrected chi connectivity index (χ1v) is 16.9. The molecule has 2 aromatic carbocycles. The summed E-state index contributed by atoms with van der Waals surface area (Å²) < 4.78 is 91.4. The molecule has 262 valence electrons. The Balaban J connectivity index is 1.94. The van der Waals surface area contributed by atoms with Crippen LogP contribution in [-0.4, -0.2) is 92.3 Å². The number of carbonyl (C=O) groups excluding carboxylic acids is 2. The molecule has 0 saturated carbocycles. The van der Waals surface area contributed by atoms with Crippen molar-refractivity contribution in [2.75, 3.05) is 38.7 Å². The molecular weight excluding hydrogens is 646 g/mol. The number of benzene rings is 2. The van der Waals surface area contributed by atoms with Gasteiger partial charge in [0.2, 0.25) is 15.9 Å². The highest BCUT2D eigenvalue weighted by atomic mass is 32.2. The molecule has 10 nitrogen and oxygen atoms in total. The molecule has 0 radical (unpaired) electrons. The molecular formula is C32H43F4N3O7S. The molecule has 0 bridgehead atoms. The van der Waals surface area contributed by atoms with Gasteiger partial charge in [0.05, 0.1) is 41.7 Å². The van der Waals surface area contributed by atoms with Gasteiger partial charge in [-0.15, -0.1) is 0 Å². The Morgan fingerprint density at radius 3 is 2.47 bits per heavy atom. The third-order valence-corrected chi connectivity index (χ3v) is 9.77. The number of amides is 2. The van der Waals surface area contributed by atoms with E-state index in [1.54, 1.807) is 13.8 Å². The lowest BCUT2D eigenvalue weighted by atomic mass is 10.0. The number of aliphatic hydroxyl groups excluding tert-OH is 1. The number of hydrogen-bond donors (Lipinski definition) is 2. The number of sulfonamides is 1. The summed E-state index contributed by atoms with van der Waals surface area (Å²) in [6.07, 6.45) is -5.72. The van der Waals surface area contributed by atoms with Crippen molar-refractivity contribution in [2.45, 2.75) is 82.2 Å². The van der Waals surface area contributed by atoms with Gasteiger partial charge in [-0.2, -0.15) is 17.5 Å². The number of fused-ring (bicyclic) bond motifs is 1. The number of nitrogens with one attached hydrogen (secondary N) is 1. The monoisotopic (exact) mass is 689 g/mol. The van der Waals surface area contributed by atoms with E-state index in [1.165, 1.54) is 42.3 Å².